The van der Waals surface area contributed by atoms with Gasteiger partial charge >= 0.3 is 0 Å². The molecule has 0 saturated carbocycles. The highest BCUT2D eigenvalue weighted by Gasteiger charge is 2.37. The predicted molar refractivity (Wildman–Crippen MR) is 59.1 cm³/mol. The molecule has 0 amide bonds. The average Bonchev–Trinajstić information content (AvgIpc) is 2.26. The summed E-state index contributed by atoms with van der Waals surface area (Å²) in [5, 5.41) is 0. The number of benzene rings is 1. The highest BCUT2D eigenvalue weighted by Crippen LogP contribution is 2.38. The van der Waals surface area contributed by atoms with E-state index in [0.717, 1.165) is 25.1 Å². The van der Waals surface area contributed by atoms with Gasteiger partial charge in [0.15, 0.2) is 5.78 Å². The van der Waals surface area contributed by atoms with Crippen LogP contribution in [0.5, 0.6) is 0 Å². The van der Waals surface area contributed by atoms with Crippen LogP contribution in [-0.4, -0.2) is 30.8 Å². The summed E-state index contributed by atoms with van der Waals surface area (Å²) < 4.78 is 0. The van der Waals surface area contributed by atoms with Crippen LogP contribution in [0.15, 0.2) is 24.3 Å². The smallest absolute Gasteiger partial charge is 0.167 e. The highest BCUT2D eigenvalue weighted by atomic mass is 16.1. The lowest BCUT2D eigenvalue weighted by molar-refractivity contribution is 0.0790. The molecule has 78 valence electrons. The fourth-order valence-electron chi connectivity index (χ4n) is 3.03. The molecule has 1 heterocycles. The predicted octanol–water partition coefficient (Wildman–Crippen LogP) is 1.92. The van der Waals surface area contributed by atoms with Crippen LogP contribution in [0.3, 0.4) is 0 Å². The Morgan fingerprint density at radius 2 is 1.93 bits per heavy atom. The fraction of sp³-hybridized carbons (Fsp3) is 0.462. The van der Waals surface area contributed by atoms with E-state index >= 15 is 0 Å². The van der Waals surface area contributed by atoms with E-state index in [0.29, 0.717) is 11.7 Å². The van der Waals surface area contributed by atoms with Crippen molar-refractivity contribution in [1.82, 2.24) is 4.90 Å². The van der Waals surface area contributed by atoms with Crippen LogP contribution < -0.4 is 0 Å². The number of nitrogens with zero attached hydrogens (tertiary/aromatic N) is 1. The van der Waals surface area contributed by atoms with Crippen molar-refractivity contribution in [2.24, 2.45) is 5.92 Å². The molecule has 2 heteroatoms. The van der Waals surface area contributed by atoms with Crippen molar-refractivity contribution < 1.29 is 4.79 Å². The van der Waals surface area contributed by atoms with E-state index in [4.69, 9.17) is 0 Å². The number of fused-ring (bicyclic) bond motifs is 4. The average molecular weight is 201 g/mol. The third kappa shape index (κ3) is 1.32. The maximum atomic E-state index is 12.1. The molecule has 2 aliphatic rings. The minimum absolute atomic E-state index is 0.239. The summed E-state index contributed by atoms with van der Waals surface area (Å²) in [4.78, 5) is 14.4. The molecule has 1 saturated heterocycles. The summed E-state index contributed by atoms with van der Waals surface area (Å²) in [7, 11) is 2.11. The normalized spacial score (nSPS) is 30.1. The Hall–Kier alpha value is -1.15. The summed E-state index contributed by atoms with van der Waals surface area (Å²) in [6.07, 6.45) is 1.06. The maximum Gasteiger partial charge on any atom is 0.167 e. The molecule has 0 radical (unpaired) electrons. The van der Waals surface area contributed by atoms with Gasteiger partial charge in [0.25, 0.3) is 0 Å². The molecule has 1 aromatic carbocycles. The Kier molecular flexibility index (Phi) is 1.93. The molecule has 15 heavy (non-hydrogen) atoms. The molecular weight excluding hydrogens is 186 g/mol. The second-order valence-electron chi connectivity index (χ2n) is 4.80. The summed E-state index contributed by atoms with van der Waals surface area (Å²) in [6.45, 7) is 2.03. The van der Waals surface area contributed by atoms with Gasteiger partial charge in [-0.2, -0.15) is 0 Å². The van der Waals surface area contributed by atoms with Gasteiger partial charge in [0.05, 0.1) is 0 Å². The fourth-order valence-corrected chi connectivity index (χ4v) is 3.03. The molecule has 1 aromatic rings. The van der Waals surface area contributed by atoms with Gasteiger partial charge < -0.3 is 4.90 Å². The Bertz CT molecular complexity index is 413. The summed E-state index contributed by atoms with van der Waals surface area (Å²) >= 11 is 0. The second-order valence-corrected chi connectivity index (χ2v) is 4.80. The van der Waals surface area contributed by atoms with Crippen LogP contribution in [0.4, 0.5) is 0 Å². The van der Waals surface area contributed by atoms with E-state index in [1.54, 1.807) is 0 Å². The van der Waals surface area contributed by atoms with Gasteiger partial charge in [-0.05, 0) is 24.9 Å². The van der Waals surface area contributed by atoms with Crippen molar-refractivity contribution in [3.63, 3.8) is 0 Å². The van der Waals surface area contributed by atoms with Gasteiger partial charge in [0.1, 0.15) is 0 Å². The Balaban J connectivity index is 2.11. The van der Waals surface area contributed by atoms with Crippen LogP contribution in [0.25, 0.3) is 0 Å². The number of carbonyl (C=O) groups is 1. The highest BCUT2D eigenvalue weighted by molar-refractivity contribution is 6.00. The van der Waals surface area contributed by atoms with Crippen LogP contribution >= 0.6 is 0 Å². The minimum atomic E-state index is 0.239. The van der Waals surface area contributed by atoms with Gasteiger partial charge in [-0.1, -0.05) is 24.3 Å². The van der Waals surface area contributed by atoms with Crippen molar-refractivity contribution >= 4 is 5.78 Å². The lowest BCUT2D eigenvalue weighted by Gasteiger charge is -2.39. The number of likely N-dealkylation sites (N-methyl/N-ethyl adjacent to an activating group) is 1. The third-order valence-corrected chi connectivity index (χ3v) is 3.67. The summed E-state index contributed by atoms with van der Waals surface area (Å²) in [5.41, 5.74) is 2.25. The molecule has 0 unspecified atom stereocenters. The topological polar surface area (TPSA) is 20.3 Å². The lowest BCUT2D eigenvalue weighted by Crippen LogP contribution is -2.43. The van der Waals surface area contributed by atoms with Crippen molar-refractivity contribution in [2.45, 2.75) is 12.3 Å². The van der Waals surface area contributed by atoms with E-state index in [2.05, 4.69) is 18.0 Å². The van der Waals surface area contributed by atoms with Crippen molar-refractivity contribution in [2.75, 3.05) is 20.1 Å². The first-order valence-electron chi connectivity index (χ1n) is 5.57. The van der Waals surface area contributed by atoms with Crippen molar-refractivity contribution in [1.29, 1.82) is 0 Å². The van der Waals surface area contributed by atoms with E-state index in [-0.39, 0.29) is 5.92 Å². The van der Waals surface area contributed by atoms with E-state index in [1.807, 2.05) is 18.2 Å². The molecule has 0 spiro atoms. The number of Topliss-reactive ketones (excluding diaryl/α,β-unsaturated/α-hetero) is 1. The van der Waals surface area contributed by atoms with Crippen LogP contribution in [0.2, 0.25) is 0 Å². The van der Waals surface area contributed by atoms with E-state index in [9.17, 15) is 4.79 Å². The number of piperidine rings is 1. The zero-order valence-electron chi connectivity index (χ0n) is 8.94. The Labute approximate surface area is 89.9 Å². The van der Waals surface area contributed by atoms with Gasteiger partial charge in [-0.3, -0.25) is 4.79 Å². The van der Waals surface area contributed by atoms with Crippen LogP contribution in [0, 0.1) is 5.92 Å². The Morgan fingerprint density at radius 1 is 1.20 bits per heavy atom. The standard InChI is InChI=1S/C13H15NO/c1-14-7-9-6-10(8-14)13(15)12-5-3-2-4-11(9)12/h2-5,9-10H,6-8H2,1H3/t9-,10+/m1/s1. The first-order chi connectivity index (χ1) is 7.25. The molecule has 2 nitrogen and oxygen atoms in total. The first-order valence-corrected chi connectivity index (χ1v) is 5.57. The molecule has 2 bridgehead atoms. The zero-order valence-corrected chi connectivity index (χ0v) is 8.94. The van der Waals surface area contributed by atoms with E-state index in [1.165, 1.54) is 5.56 Å². The van der Waals surface area contributed by atoms with Gasteiger partial charge in [0.2, 0.25) is 0 Å². The maximum absolute atomic E-state index is 12.1. The van der Waals surface area contributed by atoms with Gasteiger partial charge in [-0.15, -0.1) is 0 Å². The molecule has 1 aliphatic carbocycles. The first kappa shape index (κ1) is 9.10. The quantitative estimate of drug-likeness (QED) is 0.639. The molecule has 3 rings (SSSR count). The van der Waals surface area contributed by atoms with Gasteiger partial charge in [0, 0.05) is 24.6 Å². The number of hydrogen-bond donors (Lipinski definition) is 0. The van der Waals surface area contributed by atoms with Crippen molar-refractivity contribution in [3.8, 4) is 0 Å². The number of carbonyl (C=O) groups excluding carboxylic acids is 1. The molecule has 0 aromatic heterocycles. The zero-order chi connectivity index (χ0) is 10.4. The molecular formula is C13H15NO. The van der Waals surface area contributed by atoms with E-state index < -0.39 is 0 Å². The van der Waals surface area contributed by atoms with Crippen molar-refractivity contribution in [3.05, 3.63) is 35.4 Å². The third-order valence-electron chi connectivity index (χ3n) is 3.67. The number of ketones is 1. The number of likely N-dealkylation sites (tertiary alicyclic amines) is 1. The van der Waals surface area contributed by atoms with Crippen LogP contribution in [-0.2, 0) is 0 Å². The largest absolute Gasteiger partial charge is 0.305 e. The molecule has 0 N–H and O–H groups in total. The molecule has 1 aliphatic heterocycles. The second kappa shape index (κ2) is 3.17. The monoisotopic (exact) mass is 201 g/mol. The minimum Gasteiger partial charge on any atom is -0.305 e. The summed E-state index contributed by atoms with van der Waals surface area (Å²) in [6, 6.07) is 8.12. The lowest BCUT2D eigenvalue weighted by atomic mass is 9.73. The Morgan fingerprint density at radius 3 is 2.80 bits per heavy atom. The molecule has 1 fully saturated rings. The number of hydrogen-bond acceptors (Lipinski definition) is 2. The van der Waals surface area contributed by atoms with Gasteiger partial charge in [-0.25, -0.2) is 0 Å². The van der Waals surface area contributed by atoms with Crippen LogP contribution in [0.1, 0.15) is 28.3 Å². The molecule has 2 atom stereocenters. The summed E-state index contributed by atoms with van der Waals surface area (Å²) in [5.74, 6) is 1.17. The SMILES string of the molecule is CN1C[C@@H]2C[C@H](C1)c1ccccc1C2=O. The number of rotatable bonds is 0.